The van der Waals surface area contributed by atoms with Gasteiger partial charge >= 0.3 is 6.03 Å². The lowest BCUT2D eigenvalue weighted by Gasteiger charge is -2.22. The Hall–Kier alpha value is -3.49. The molecule has 1 unspecified atom stereocenters. The van der Waals surface area contributed by atoms with Crippen LogP contribution >= 0.6 is 0 Å². The van der Waals surface area contributed by atoms with Crippen LogP contribution in [0.25, 0.3) is 0 Å². The van der Waals surface area contributed by atoms with Gasteiger partial charge < -0.3 is 10.1 Å². The summed E-state index contributed by atoms with van der Waals surface area (Å²) in [6.07, 6.45) is 0. The number of benzene rings is 2. The van der Waals surface area contributed by atoms with E-state index in [9.17, 15) is 24.1 Å². The van der Waals surface area contributed by atoms with Gasteiger partial charge in [0.1, 0.15) is 12.1 Å². The predicted octanol–water partition coefficient (Wildman–Crippen LogP) is 2.58. The molecule has 0 aliphatic carbocycles. The summed E-state index contributed by atoms with van der Waals surface area (Å²) in [7, 11) is 0. The van der Waals surface area contributed by atoms with Gasteiger partial charge in [0.2, 0.25) is 0 Å². The highest BCUT2D eigenvalue weighted by Gasteiger charge is 2.49. The summed E-state index contributed by atoms with van der Waals surface area (Å²) in [5.74, 6) is -1.09. The van der Waals surface area contributed by atoms with Crippen molar-refractivity contribution in [3.8, 4) is 5.75 Å². The summed E-state index contributed by atoms with van der Waals surface area (Å²) >= 11 is 0. The lowest BCUT2D eigenvalue weighted by Crippen LogP contribution is -2.41. The van der Waals surface area contributed by atoms with Crippen molar-refractivity contribution in [3.63, 3.8) is 0 Å². The molecule has 9 heteroatoms. The molecule has 0 saturated carbocycles. The first-order chi connectivity index (χ1) is 12.8. The molecule has 1 aliphatic heterocycles. The number of amides is 3. The predicted molar refractivity (Wildman–Crippen MR) is 92.6 cm³/mol. The Labute approximate surface area is 153 Å². The van der Waals surface area contributed by atoms with E-state index in [-0.39, 0.29) is 24.6 Å². The molecule has 140 valence electrons. The van der Waals surface area contributed by atoms with Crippen LogP contribution in [0.2, 0.25) is 0 Å². The van der Waals surface area contributed by atoms with Gasteiger partial charge in [-0.2, -0.15) is 0 Å². The molecule has 0 bridgehead atoms. The number of halogens is 1. The minimum atomic E-state index is -1.43. The molecule has 2 aromatic carbocycles. The molecule has 1 atom stereocenters. The summed E-state index contributed by atoms with van der Waals surface area (Å²) in [4.78, 5) is 36.3. The van der Waals surface area contributed by atoms with E-state index in [0.29, 0.717) is 5.56 Å². The van der Waals surface area contributed by atoms with Gasteiger partial charge in [0.15, 0.2) is 11.6 Å². The number of para-hydroxylation sites is 1. The number of rotatable bonds is 6. The standard InChI is InChI=1S/C18H16FN3O5/c1-18(12-5-4-6-13(11-12)22(25)26)16(23)21(17(24)20-18)9-10-27-15-8-3-2-7-14(15)19/h2-8,11H,9-10H2,1H3,(H,20,24). The molecule has 1 N–H and O–H groups in total. The average molecular weight is 373 g/mol. The Morgan fingerprint density at radius 2 is 1.96 bits per heavy atom. The zero-order valence-electron chi connectivity index (χ0n) is 14.3. The Bertz CT molecular complexity index is 919. The monoisotopic (exact) mass is 373 g/mol. The van der Waals surface area contributed by atoms with Gasteiger partial charge in [-0.1, -0.05) is 24.3 Å². The Kier molecular flexibility index (Phi) is 4.76. The van der Waals surface area contributed by atoms with Gasteiger partial charge in [0, 0.05) is 12.1 Å². The quantitative estimate of drug-likeness (QED) is 0.476. The molecular weight excluding hydrogens is 357 g/mol. The number of carbonyl (C=O) groups is 2. The average Bonchev–Trinajstić information content (AvgIpc) is 2.87. The van der Waals surface area contributed by atoms with Crippen LogP contribution in [0.4, 0.5) is 14.9 Å². The topological polar surface area (TPSA) is 102 Å². The summed E-state index contributed by atoms with van der Waals surface area (Å²) in [6, 6.07) is 10.7. The van der Waals surface area contributed by atoms with Gasteiger partial charge in [0.25, 0.3) is 11.6 Å². The Morgan fingerprint density at radius 1 is 1.22 bits per heavy atom. The number of nitro groups is 1. The van der Waals surface area contributed by atoms with E-state index in [0.717, 1.165) is 4.90 Å². The van der Waals surface area contributed by atoms with Gasteiger partial charge in [-0.3, -0.25) is 19.8 Å². The molecule has 3 amide bonds. The van der Waals surface area contributed by atoms with E-state index in [1.165, 1.54) is 49.4 Å². The van der Waals surface area contributed by atoms with E-state index >= 15 is 0 Å². The first-order valence-corrected chi connectivity index (χ1v) is 8.09. The van der Waals surface area contributed by atoms with Gasteiger partial charge in [-0.25, -0.2) is 9.18 Å². The van der Waals surface area contributed by atoms with Crippen LogP contribution in [0, 0.1) is 15.9 Å². The fourth-order valence-corrected chi connectivity index (χ4v) is 2.83. The molecule has 1 heterocycles. The number of hydrogen-bond acceptors (Lipinski definition) is 5. The van der Waals surface area contributed by atoms with Crippen molar-refractivity contribution in [3.05, 3.63) is 70.0 Å². The van der Waals surface area contributed by atoms with Gasteiger partial charge in [-0.15, -0.1) is 0 Å². The van der Waals surface area contributed by atoms with Crippen molar-refractivity contribution in [1.29, 1.82) is 0 Å². The fourth-order valence-electron chi connectivity index (χ4n) is 2.83. The molecule has 1 aliphatic rings. The van der Waals surface area contributed by atoms with E-state index in [1.807, 2.05) is 0 Å². The smallest absolute Gasteiger partial charge is 0.325 e. The number of hydrogen-bond donors (Lipinski definition) is 1. The van der Waals surface area contributed by atoms with Crippen LogP contribution in [0.15, 0.2) is 48.5 Å². The first-order valence-electron chi connectivity index (χ1n) is 8.09. The third-order valence-electron chi connectivity index (χ3n) is 4.32. The van der Waals surface area contributed by atoms with Crippen molar-refractivity contribution < 1.29 is 23.6 Å². The van der Waals surface area contributed by atoms with Crippen LogP contribution in [0.1, 0.15) is 12.5 Å². The second kappa shape index (κ2) is 7.02. The highest BCUT2D eigenvalue weighted by atomic mass is 19.1. The summed E-state index contributed by atoms with van der Waals surface area (Å²) in [5, 5.41) is 13.5. The minimum Gasteiger partial charge on any atom is -0.489 e. The normalized spacial score (nSPS) is 19.1. The largest absolute Gasteiger partial charge is 0.489 e. The molecule has 2 aromatic rings. The maximum atomic E-state index is 13.6. The molecule has 3 rings (SSSR count). The van der Waals surface area contributed by atoms with E-state index < -0.39 is 28.2 Å². The van der Waals surface area contributed by atoms with Crippen LogP contribution in [-0.4, -0.2) is 34.9 Å². The summed E-state index contributed by atoms with van der Waals surface area (Å²) in [6.45, 7) is 1.29. The van der Waals surface area contributed by atoms with Crippen molar-refractivity contribution in [2.75, 3.05) is 13.2 Å². The highest BCUT2D eigenvalue weighted by molar-refractivity contribution is 6.07. The van der Waals surface area contributed by atoms with Gasteiger partial charge in [0.05, 0.1) is 11.5 Å². The molecule has 0 aromatic heterocycles. The van der Waals surface area contributed by atoms with Crippen LogP contribution in [0.3, 0.4) is 0 Å². The number of non-ortho nitro benzene ring substituents is 1. The molecular formula is C18H16FN3O5. The Morgan fingerprint density at radius 3 is 2.67 bits per heavy atom. The maximum Gasteiger partial charge on any atom is 0.325 e. The number of imide groups is 1. The van der Waals surface area contributed by atoms with Crippen molar-refractivity contribution in [2.24, 2.45) is 0 Å². The lowest BCUT2D eigenvalue weighted by molar-refractivity contribution is -0.385. The second-order valence-corrected chi connectivity index (χ2v) is 6.10. The number of ether oxygens (including phenoxy) is 1. The van der Waals surface area contributed by atoms with Gasteiger partial charge in [-0.05, 0) is 24.6 Å². The summed E-state index contributed by atoms with van der Waals surface area (Å²) in [5.41, 5.74) is -1.31. The van der Waals surface area contributed by atoms with Crippen LogP contribution < -0.4 is 10.1 Å². The molecule has 8 nitrogen and oxygen atoms in total. The number of urea groups is 1. The second-order valence-electron chi connectivity index (χ2n) is 6.10. The van der Waals surface area contributed by atoms with E-state index in [2.05, 4.69) is 5.32 Å². The number of carbonyl (C=O) groups excluding carboxylic acids is 2. The zero-order valence-corrected chi connectivity index (χ0v) is 14.3. The van der Waals surface area contributed by atoms with Crippen molar-refractivity contribution >= 4 is 17.6 Å². The third kappa shape index (κ3) is 3.43. The highest BCUT2D eigenvalue weighted by Crippen LogP contribution is 2.30. The molecule has 1 saturated heterocycles. The van der Waals surface area contributed by atoms with E-state index in [1.54, 1.807) is 6.07 Å². The zero-order chi connectivity index (χ0) is 19.6. The van der Waals surface area contributed by atoms with Crippen molar-refractivity contribution in [2.45, 2.75) is 12.5 Å². The minimum absolute atomic E-state index is 0.0194. The fraction of sp³-hybridized carbons (Fsp3) is 0.222. The molecule has 0 radical (unpaired) electrons. The van der Waals surface area contributed by atoms with Crippen LogP contribution in [0.5, 0.6) is 5.75 Å². The number of nitrogens with zero attached hydrogens (tertiary/aromatic N) is 2. The molecule has 27 heavy (non-hydrogen) atoms. The first kappa shape index (κ1) is 18.3. The number of nitro benzene ring substituents is 1. The van der Waals surface area contributed by atoms with Crippen molar-refractivity contribution in [1.82, 2.24) is 10.2 Å². The maximum absolute atomic E-state index is 13.6. The SMILES string of the molecule is CC1(c2cccc([N+](=O)[O-])c2)NC(=O)N(CCOc2ccccc2F)C1=O. The lowest BCUT2D eigenvalue weighted by atomic mass is 9.91. The molecule has 1 fully saturated rings. The summed E-state index contributed by atoms with van der Waals surface area (Å²) < 4.78 is 18.8. The third-order valence-corrected chi connectivity index (χ3v) is 4.32. The van der Waals surface area contributed by atoms with Crippen LogP contribution in [-0.2, 0) is 10.3 Å². The van der Waals surface area contributed by atoms with E-state index in [4.69, 9.17) is 4.74 Å². The molecule has 0 spiro atoms. The number of nitrogens with one attached hydrogen (secondary N) is 1. The Balaban J connectivity index is 1.73.